The molecule has 1 N–H and O–H groups in total. The molecule has 0 aromatic heterocycles. The highest BCUT2D eigenvalue weighted by molar-refractivity contribution is 5.41. The topological polar surface area (TPSA) is 30.5 Å². The lowest BCUT2D eigenvalue weighted by Crippen LogP contribution is -2.52. The van der Waals surface area contributed by atoms with E-state index in [4.69, 9.17) is 9.47 Å². The molecule has 88 valence electrons. The Morgan fingerprint density at radius 3 is 2.50 bits per heavy atom. The summed E-state index contributed by atoms with van der Waals surface area (Å²) in [5.41, 5.74) is 1.63. The van der Waals surface area contributed by atoms with Gasteiger partial charge in [-0.05, 0) is 23.5 Å². The zero-order valence-electron chi connectivity index (χ0n) is 10.2. The van der Waals surface area contributed by atoms with Gasteiger partial charge < -0.3 is 14.8 Å². The van der Waals surface area contributed by atoms with Gasteiger partial charge in [-0.25, -0.2) is 0 Å². The zero-order chi connectivity index (χ0) is 11.6. The van der Waals surface area contributed by atoms with E-state index in [1.807, 2.05) is 12.1 Å². The van der Waals surface area contributed by atoms with Crippen LogP contribution in [0.5, 0.6) is 11.5 Å². The molecule has 1 aromatic carbocycles. The Hall–Kier alpha value is -1.22. The lowest BCUT2D eigenvalue weighted by molar-refractivity contribution is 0.193. The van der Waals surface area contributed by atoms with E-state index < -0.39 is 0 Å². The molecule has 0 atom stereocenters. The number of nitrogens with one attached hydrogen (secondary N) is 1. The first-order valence-corrected chi connectivity index (χ1v) is 5.58. The van der Waals surface area contributed by atoms with Gasteiger partial charge in [0.15, 0.2) is 0 Å². The number of benzene rings is 1. The smallest absolute Gasteiger partial charge is 0.125 e. The van der Waals surface area contributed by atoms with E-state index in [2.05, 4.69) is 18.3 Å². The van der Waals surface area contributed by atoms with Gasteiger partial charge in [0, 0.05) is 19.2 Å². The predicted octanol–water partition coefficient (Wildman–Crippen LogP) is 1.86. The molecule has 3 nitrogen and oxygen atoms in total. The lowest BCUT2D eigenvalue weighted by Gasteiger charge is -2.39. The van der Waals surface area contributed by atoms with Crippen molar-refractivity contribution >= 4 is 0 Å². The molecule has 1 saturated heterocycles. The monoisotopic (exact) mass is 221 g/mol. The summed E-state index contributed by atoms with van der Waals surface area (Å²) >= 11 is 0. The third kappa shape index (κ3) is 2.14. The van der Waals surface area contributed by atoms with E-state index in [9.17, 15) is 0 Å². The average molecular weight is 221 g/mol. The third-order valence-corrected chi connectivity index (χ3v) is 3.22. The number of rotatable bonds is 4. The van der Waals surface area contributed by atoms with E-state index in [0.717, 1.165) is 31.0 Å². The van der Waals surface area contributed by atoms with Crippen molar-refractivity contribution in [3.8, 4) is 11.5 Å². The summed E-state index contributed by atoms with van der Waals surface area (Å²) in [4.78, 5) is 0. The molecule has 1 heterocycles. The van der Waals surface area contributed by atoms with E-state index in [-0.39, 0.29) is 0 Å². The molecule has 0 amide bonds. The van der Waals surface area contributed by atoms with Crippen molar-refractivity contribution in [2.45, 2.75) is 13.3 Å². The Bertz CT molecular complexity index is 372. The van der Waals surface area contributed by atoms with E-state index >= 15 is 0 Å². The Morgan fingerprint density at radius 1 is 1.25 bits per heavy atom. The van der Waals surface area contributed by atoms with Crippen molar-refractivity contribution < 1.29 is 9.47 Å². The van der Waals surface area contributed by atoms with Crippen LogP contribution in [0.2, 0.25) is 0 Å². The Morgan fingerprint density at radius 2 is 2.00 bits per heavy atom. The van der Waals surface area contributed by atoms with Crippen LogP contribution in [0, 0.1) is 5.41 Å². The highest BCUT2D eigenvalue weighted by atomic mass is 16.5. The van der Waals surface area contributed by atoms with Crippen molar-refractivity contribution in [2.24, 2.45) is 5.41 Å². The van der Waals surface area contributed by atoms with Gasteiger partial charge in [-0.2, -0.15) is 0 Å². The third-order valence-electron chi connectivity index (χ3n) is 3.22. The van der Waals surface area contributed by atoms with Gasteiger partial charge in [0.2, 0.25) is 0 Å². The summed E-state index contributed by atoms with van der Waals surface area (Å²) < 4.78 is 10.6. The molecule has 0 bridgehead atoms. The molecule has 0 aliphatic carbocycles. The highest BCUT2D eigenvalue weighted by Crippen LogP contribution is 2.32. The molecular formula is C13H19NO2. The van der Waals surface area contributed by atoms with E-state index in [1.165, 1.54) is 5.56 Å². The molecule has 0 saturated carbocycles. The SMILES string of the molecule is COc1ccc(CC2(C)CNC2)c(OC)c1. The Balaban J connectivity index is 2.19. The van der Waals surface area contributed by atoms with Crippen LogP contribution in [0.1, 0.15) is 12.5 Å². The number of ether oxygens (including phenoxy) is 2. The zero-order valence-corrected chi connectivity index (χ0v) is 10.2. The number of hydrogen-bond donors (Lipinski definition) is 1. The van der Waals surface area contributed by atoms with Crippen LogP contribution in [0.3, 0.4) is 0 Å². The predicted molar refractivity (Wildman–Crippen MR) is 64.2 cm³/mol. The maximum absolute atomic E-state index is 5.40. The van der Waals surface area contributed by atoms with Crippen LogP contribution in [0.25, 0.3) is 0 Å². The van der Waals surface area contributed by atoms with Crippen molar-refractivity contribution in [1.29, 1.82) is 0 Å². The van der Waals surface area contributed by atoms with Crippen LogP contribution in [0.15, 0.2) is 18.2 Å². The minimum Gasteiger partial charge on any atom is -0.497 e. The molecule has 1 fully saturated rings. The van der Waals surface area contributed by atoms with Gasteiger partial charge >= 0.3 is 0 Å². The number of methoxy groups -OCH3 is 2. The van der Waals surface area contributed by atoms with Gasteiger partial charge in [0.25, 0.3) is 0 Å². The maximum Gasteiger partial charge on any atom is 0.125 e. The molecule has 0 radical (unpaired) electrons. The second-order valence-electron chi connectivity index (χ2n) is 4.77. The van der Waals surface area contributed by atoms with Gasteiger partial charge in [-0.1, -0.05) is 13.0 Å². The quantitative estimate of drug-likeness (QED) is 0.841. The van der Waals surface area contributed by atoms with Crippen molar-refractivity contribution in [3.05, 3.63) is 23.8 Å². The lowest BCUT2D eigenvalue weighted by atomic mass is 9.78. The summed E-state index contributed by atoms with van der Waals surface area (Å²) in [6.07, 6.45) is 1.05. The first-order valence-electron chi connectivity index (χ1n) is 5.58. The second-order valence-corrected chi connectivity index (χ2v) is 4.77. The van der Waals surface area contributed by atoms with Gasteiger partial charge in [0.1, 0.15) is 11.5 Å². The molecule has 16 heavy (non-hydrogen) atoms. The first-order chi connectivity index (χ1) is 7.67. The van der Waals surface area contributed by atoms with Crippen LogP contribution in [-0.4, -0.2) is 27.3 Å². The molecular weight excluding hydrogens is 202 g/mol. The van der Waals surface area contributed by atoms with Crippen LogP contribution in [-0.2, 0) is 6.42 Å². The molecule has 1 aliphatic rings. The standard InChI is InChI=1S/C13H19NO2/c1-13(8-14-9-13)7-10-4-5-11(15-2)6-12(10)16-3/h4-6,14H,7-9H2,1-3H3. The molecule has 0 spiro atoms. The number of hydrogen-bond acceptors (Lipinski definition) is 3. The van der Waals surface area contributed by atoms with E-state index in [1.54, 1.807) is 14.2 Å². The highest BCUT2D eigenvalue weighted by Gasteiger charge is 2.32. The minimum absolute atomic E-state index is 0.377. The molecule has 1 aromatic rings. The van der Waals surface area contributed by atoms with Crippen molar-refractivity contribution in [2.75, 3.05) is 27.3 Å². The normalized spacial score (nSPS) is 17.7. The van der Waals surface area contributed by atoms with Gasteiger partial charge in [-0.15, -0.1) is 0 Å². The van der Waals surface area contributed by atoms with E-state index in [0.29, 0.717) is 5.41 Å². The Labute approximate surface area is 96.8 Å². The summed E-state index contributed by atoms with van der Waals surface area (Å²) in [5.74, 6) is 1.77. The van der Waals surface area contributed by atoms with Crippen LogP contribution in [0.4, 0.5) is 0 Å². The summed E-state index contributed by atoms with van der Waals surface area (Å²) in [6, 6.07) is 6.04. The van der Waals surface area contributed by atoms with Crippen molar-refractivity contribution in [1.82, 2.24) is 5.32 Å². The van der Waals surface area contributed by atoms with Gasteiger partial charge in [0.05, 0.1) is 14.2 Å². The molecule has 0 unspecified atom stereocenters. The maximum atomic E-state index is 5.40. The van der Waals surface area contributed by atoms with Crippen LogP contribution < -0.4 is 14.8 Å². The fourth-order valence-corrected chi connectivity index (χ4v) is 2.13. The summed E-state index contributed by atoms with van der Waals surface area (Å²) in [5, 5.41) is 3.32. The van der Waals surface area contributed by atoms with Crippen LogP contribution >= 0.6 is 0 Å². The molecule has 2 rings (SSSR count). The summed E-state index contributed by atoms with van der Waals surface area (Å²) in [7, 11) is 3.38. The Kier molecular flexibility index (Phi) is 3.06. The van der Waals surface area contributed by atoms with Crippen molar-refractivity contribution in [3.63, 3.8) is 0 Å². The average Bonchev–Trinajstić information content (AvgIpc) is 2.27. The fraction of sp³-hybridized carbons (Fsp3) is 0.538. The second kappa shape index (κ2) is 4.34. The summed E-state index contributed by atoms with van der Waals surface area (Å²) in [6.45, 7) is 4.47. The largest absolute Gasteiger partial charge is 0.497 e. The fourth-order valence-electron chi connectivity index (χ4n) is 2.13. The first kappa shape index (κ1) is 11.3. The minimum atomic E-state index is 0.377. The van der Waals surface area contributed by atoms with Gasteiger partial charge in [-0.3, -0.25) is 0 Å². The molecule has 1 aliphatic heterocycles. The molecule has 3 heteroatoms.